The van der Waals surface area contributed by atoms with E-state index < -0.39 is 72.6 Å². The first kappa shape index (κ1) is 32.0. The third kappa shape index (κ3) is 13.7. The van der Waals surface area contributed by atoms with E-state index in [0.717, 1.165) is 0 Å². The zero-order chi connectivity index (χ0) is 28.0. The largest absolute Gasteiger partial charge is 0.481 e. The van der Waals surface area contributed by atoms with Crippen LogP contribution in [0.15, 0.2) is 4.99 Å². The minimum absolute atomic E-state index is 0.0553. The van der Waals surface area contributed by atoms with Crippen LogP contribution in [-0.2, 0) is 28.8 Å². The number of carbonyl (C=O) groups excluding carboxylic acids is 3. The summed E-state index contributed by atoms with van der Waals surface area (Å²) in [6, 6.07) is -5.84. The number of aliphatic imine (C=N–C) groups is 1. The molecule has 0 aromatic rings. The van der Waals surface area contributed by atoms with Crippen LogP contribution in [0.3, 0.4) is 0 Å². The molecule has 16 nitrogen and oxygen atoms in total. The van der Waals surface area contributed by atoms with Gasteiger partial charge < -0.3 is 48.5 Å². The Morgan fingerprint density at radius 1 is 0.778 bits per heavy atom. The number of aliphatic carboxylic acids is 3. The van der Waals surface area contributed by atoms with Gasteiger partial charge in [0.05, 0.1) is 18.9 Å². The number of nitrogens with one attached hydrogen (secondary N) is 3. The molecule has 36 heavy (non-hydrogen) atoms. The van der Waals surface area contributed by atoms with Gasteiger partial charge in [0.2, 0.25) is 17.7 Å². The van der Waals surface area contributed by atoms with Crippen LogP contribution in [0.4, 0.5) is 0 Å². The molecule has 4 atom stereocenters. The zero-order valence-corrected chi connectivity index (χ0v) is 20.1. The monoisotopic (exact) mass is 517 g/mol. The highest BCUT2D eigenvalue weighted by Gasteiger charge is 2.32. The molecule has 0 fully saturated rings. The molecule has 0 aliphatic carbocycles. The lowest BCUT2D eigenvalue weighted by atomic mass is 10.0. The molecule has 0 spiro atoms. The number of nitrogens with two attached hydrogens (primary N) is 3. The van der Waals surface area contributed by atoms with E-state index >= 15 is 0 Å². The van der Waals surface area contributed by atoms with E-state index in [1.165, 1.54) is 0 Å². The lowest BCUT2D eigenvalue weighted by Gasteiger charge is -2.24. The van der Waals surface area contributed by atoms with E-state index in [2.05, 4.69) is 20.9 Å². The topological polar surface area (TPSA) is 290 Å². The molecule has 0 aliphatic heterocycles. The van der Waals surface area contributed by atoms with E-state index in [1.54, 1.807) is 13.8 Å². The van der Waals surface area contributed by atoms with Crippen LogP contribution >= 0.6 is 0 Å². The van der Waals surface area contributed by atoms with Crippen LogP contribution in [0.1, 0.15) is 46.0 Å². The third-order valence-electron chi connectivity index (χ3n) is 4.64. The number of carboxylic acid groups (broad SMARTS) is 3. The van der Waals surface area contributed by atoms with Crippen LogP contribution in [-0.4, -0.2) is 87.6 Å². The molecule has 0 bridgehead atoms. The number of hydrogen-bond acceptors (Lipinski definition) is 8. The highest BCUT2D eigenvalue weighted by Crippen LogP contribution is 2.07. The number of rotatable bonds is 17. The zero-order valence-electron chi connectivity index (χ0n) is 20.1. The van der Waals surface area contributed by atoms with Crippen molar-refractivity contribution in [1.29, 1.82) is 0 Å². The van der Waals surface area contributed by atoms with E-state index in [0.29, 0.717) is 0 Å². The highest BCUT2D eigenvalue weighted by atomic mass is 16.4. The fourth-order valence-electron chi connectivity index (χ4n) is 2.95. The van der Waals surface area contributed by atoms with Crippen molar-refractivity contribution in [3.8, 4) is 0 Å². The van der Waals surface area contributed by atoms with Crippen molar-refractivity contribution in [2.45, 2.75) is 70.1 Å². The summed E-state index contributed by atoms with van der Waals surface area (Å²) in [7, 11) is 0. The maximum absolute atomic E-state index is 12.9. The second kappa shape index (κ2) is 15.9. The van der Waals surface area contributed by atoms with Crippen molar-refractivity contribution in [2.24, 2.45) is 28.1 Å². The fraction of sp³-hybridized carbons (Fsp3) is 0.650. The molecule has 0 heterocycles. The first-order valence-corrected chi connectivity index (χ1v) is 11.0. The molecular formula is C20H35N7O9. The van der Waals surface area contributed by atoms with Gasteiger partial charge in [0.15, 0.2) is 5.96 Å². The number of nitrogens with zero attached hydrogens (tertiary/aromatic N) is 1. The highest BCUT2D eigenvalue weighted by molar-refractivity contribution is 5.96. The van der Waals surface area contributed by atoms with Gasteiger partial charge in [-0.25, -0.2) is 4.79 Å². The van der Waals surface area contributed by atoms with Gasteiger partial charge >= 0.3 is 17.9 Å². The van der Waals surface area contributed by atoms with Crippen LogP contribution in [0, 0.1) is 5.92 Å². The predicted molar refractivity (Wildman–Crippen MR) is 125 cm³/mol. The summed E-state index contributed by atoms with van der Waals surface area (Å²) in [6.45, 7) is 3.52. The van der Waals surface area contributed by atoms with Crippen LogP contribution in [0.2, 0.25) is 0 Å². The molecule has 0 aliphatic rings. The van der Waals surface area contributed by atoms with Gasteiger partial charge in [-0.1, -0.05) is 13.8 Å². The summed E-state index contributed by atoms with van der Waals surface area (Å²) in [5, 5.41) is 34.0. The van der Waals surface area contributed by atoms with Crippen molar-refractivity contribution in [3.05, 3.63) is 0 Å². The predicted octanol–water partition coefficient (Wildman–Crippen LogP) is -3.10. The summed E-state index contributed by atoms with van der Waals surface area (Å²) < 4.78 is 0. The average molecular weight is 518 g/mol. The lowest BCUT2D eigenvalue weighted by Crippen LogP contribution is -2.57. The van der Waals surface area contributed by atoms with Gasteiger partial charge in [-0.3, -0.25) is 29.0 Å². The van der Waals surface area contributed by atoms with Gasteiger partial charge in [-0.05, 0) is 25.2 Å². The van der Waals surface area contributed by atoms with Crippen molar-refractivity contribution >= 4 is 41.6 Å². The minimum atomic E-state index is -1.67. The molecule has 204 valence electrons. The van der Waals surface area contributed by atoms with Gasteiger partial charge in [-0.15, -0.1) is 0 Å². The maximum Gasteiger partial charge on any atom is 0.326 e. The normalized spacial score (nSPS) is 14.0. The van der Waals surface area contributed by atoms with Gasteiger partial charge in [0, 0.05) is 6.54 Å². The first-order valence-electron chi connectivity index (χ1n) is 11.0. The molecule has 0 aromatic carbocycles. The molecule has 4 unspecified atom stereocenters. The Hall–Kier alpha value is -3.95. The van der Waals surface area contributed by atoms with Crippen molar-refractivity contribution < 1.29 is 44.1 Å². The van der Waals surface area contributed by atoms with Crippen LogP contribution < -0.4 is 33.2 Å². The summed E-state index contributed by atoms with van der Waals surface area (Å²) in [5.74, 6) is -7.47. The standard InChI is InChI=1S/C20H35N7O9/c1-9(2)6-13(19(35)36)27-18(34)12(8-15(30)31)26-17(33)11(4-3-5-24-20(22)23)25-16(32)10(21)7-14(28)29/h9-13H,3-8,21H2,1-2H3,(H,25,32)(H,26,33)(H,27,34)(H,28,29)(H,30,31)(H,35,36)(H4,22,23,24). The first-order chi connectivity index (χ1) is 16.6. The van der Waals surface area contributed by atoms with E-state index in [9.17, 15) is 39.0 Å². The molecule has 12 N–H and O–H groups in total. The van der Waals surface area contributed by atoms with Crippen LogP contribution in [0.25, 0.3) is 0 Å². The lowest BCUT2D eigenvalue weighted by molar-refractivity contribution is -0.144. The summed E-state index contributed by atoms with van der Waals surface area (Å²) >= 11 is 0. The van der Waals surface area contributed by atoms with E-state index in [-0.39, 0.29) is 37.7 Å². The Labute approximate surface area is 207 Å². The summed E-state index contributed by atoms with van der Waals surface area (Å²) in [6.07, 6.45) is -1.46. The molecule has 0 saturated heterocycles. The quantitative estimate of drug-likeness (QED) is 0.0526. The number of amides is 3. The molecule has 0 aromatic heterocycles. The van der Waals surface area contributed by atoms with E-state index in [1.807, 2.05) is 0 Å². The molecule has 3 amide bonds. The Kier molecular flexibility index (Phi) is 14.1. The second-order valence-electron chi connectivity index (χ2n) is 8.40. The van der Waals surface area contributed by atoms with Crippen molar-refractivity contribution in [2.75, 3.05) is 6.54 Å². The van der Waals surface area contributed by atoms with Gasteiger partial charge in [0.1, 0.15) is 18.1 Å². The Bertz CT molecular complexity index is 843. The number of carbonyl (C=O) groups is 6. The molecule has 0 rings (SSSR count). The fourth-order valence-corrected chi connectivity index (χ4v) is 2.95. The minimum Gasteiger partial charge on any atom is -0.481 e. The van der Waals surface area contributed by atoms with E-state index in [4.69, 9.17) is 22.3 Å². The van der Waals surface area contributed by atoms with Gasteiger partial charge in [0.25, 0.3) is 0 Å². The number of hydrogen-bond donors (Lipinski definition) is 9. The third-order valence-corrected chi connectivity index (χ3v) is 4.64. The Morgan fingerprint density at radius 2 is 1.28 bits per heavy atom. The average Bonchev–Trinajstić information content (AvgIpc) is 2.73. The second-order valence-corrected chi connectivity index (χ2v) is 8.40. The van der Waals surface area contributed by atoms with Crippen molar-refractivity contribution in [1.82, 2.24) is 16.0 Å². The smallest absolute Gasteiger partial charge is 0.326 e. The molecule has 0 saturated carbocycles. The number of guanidine groups is 1. The van der Waals surface area contributed by atoms with Crippen LogP contribution in [0.5, 0.6) is 0 Å². The number of carboxylic acids is 3. The Morgan fingerprint density at radius 3 is 1.75 bits per heavy atom. The molecule has 16 heteroatoms. The summed E-state index contributed by atoms with van der Waals surface area (Å²) in [5.41, 5.74) is 16.0. The Balaban J connectivity index is 5.65. The molecule has 0 radical (unpaired) electrons. The maximum atomic E-state index is 12.9. The summed E-state index contributed by atoms with van der Waals surface area (Å²) in [4.78, 5) is 75.1. The SMILES string of the molecule is CC(C)CC(NC(=O)C(CC(=O)O)NC(=O)C(CCCN=C(N)N)NC(=O)C(N)CC(=O)O)C(=O)O. The molecular weight excluding hydrogens is 482 g/mol. The van der Waals surface area contributed by atoms with Gasteiger partial charge in [-0.2, -0.15) is 0 Å². The van der Waals surface area contributed by atoms with Crippen molar-refractivity contribution in [3.63, 3.8) is 0 Å².